The topological polar surface area (TPSA) is 38.9 Å². The summed E-state index contributed by atoms with van der Waals surface area (Å²) in [6, 6.07) is 5.11. The number of nitrogens with zero attached hydrogens (tertiary/aromatic N) is 1. The number of fused-ring (bicyclic) bond motifs is 1. The van der Waals surface area contributed by atoms with Crippen LogP contribution in [0.4, 0.5) is 13.2 Å². The van der Waals surface area contributed by atoms with Crippen molar-refractivity contribution in [1.29, 1.82) is 0 Å². The predicted octanol–water partition coefficient (Wildman–Crippen LogP) is 3.20. The molecule has 2 N–H and O–H groups in total. The fourth-order valence-electron chi connectivity index (χ4n) is 1.59. The molecule has 1 heterocycles. The Morgan fingerprint density at radius 2 is 2.12 bits per heavy atom. The van der Waals surface area contributed by atoms with E-state index >= 15 is 0 Å². The number of rotatable bonds is 2. The normalized spacial score (nSPS) is 14.2. The number of thiazole rings is 1. The maximum atomic E-state index is 12.5. The lowest BCUT2D eigenvalue weighted by atomic mass is 10.1. The third kappa shape index (κ3) is 2.76. The van der Waals surface area contributed by atoms with Crippen molar-refractivity contribution in [2.45, 2.75) is 25.6 Å². The van der Waals surface area contributed by atoms with Gasteiger partial charge in [-0.05, 0) is 31.0 Å². The summed E-state index contributed by atoms with van der Waals surface area (Å²) >= 11 is 0.664. The molecule has 0 aliphatic rings. The van der Waals surface area contributed by atoms with E-state index in [9.17, 15) is 13.2 Å². The summed E-state index contributed by atoms with van der Waals surface area (Å²) in [5.41, 5.74) is 6.94. The van der Waals surface area contributed by atoms with Gasteiger partial charge in [0, 0.05) is 6.04 Å². The van der Waals surface area contributed by atoms with Gasteiger partial charge in [0.25, 0.3) is 0 Å². The van der Waals surface area contributed by atoms with Gasteiger partial charge in [-0.2, -0.15) is 13.2 Å². The van der Waals surface area contributed by atoms with Gasteiger partial charge in [-0.3, -0.25) is 0 Å². The third-order valence-electron chi connectivity index (χ3n) is 2.25. The zero-order chi connectivity index (χ0) is 12.6. The summed E-state index contributed by atoms with van der Waals surface area (Å²) in [5, 5.41) is -0.801. The lowest BCUT2D eigenvalue weighted by Crippen LogP contribution is -2.17. The minimum atomic E-state index is -4.37. The molecule has 2 rings (SSSR count). The van der Waals surface area contributed by atoms with E-state index in [1.165, 1.54) is 0 Å². The van der Waals surface area contributed by atoms with Gasteiger partial charge in [0.1, 0.15) is 0 Å². The first-order chi connectivity index (χ1) is 7.86. The molecule has 0 bridgehead atoms. The molecule has 1 aromatic heterocycles. The highest BCUT2D eigenvalue weighted by atomic mass is 32.1. The van der Waals surface area contributed by atoms with E-state index in [-0.39, 0.29) is 6.04 Å². The van der Waals surface area contributed by atoms with Crippen LogP contribution in [0.25, 0.3) is 10.2 Å². The summed E-state index contributed by atoms with van der Waals surface area (Å²) in [7, 11) is 0. The highest BCUT2D eigenvalue weighted by Crippen LogP contribution is 2.35. The molecular formula is C11H11F3N2S. The monoisotopic (exact) mass is 260 g/mol. The first-order valence-electron chi connectivity index (χ1n) is 5.08. The number of aromatic nitrogens is 1. The van der Waals surface area contributed by atoms with Crippen LogP contribution in [0.3, 0.4) is 0 Å². The molecule has 1 atom stereocenters. The molecule has 2 aromatic rings. The molecule has 17 heavy (non-hydrogen) atoms. The van der Waals surface area contributed by atoms with Crippen molar-refractivity contribution in [2.75, 3.05) is 0 Å². The van der Waals surface area contributed by atoms with Crippen LogP contribution in [-0.4, -0.2) is 11.0 Å². The Morgan fingerprint density at radius 1 is 1.41 bits per heavy atom. The molecule has 0 saturated carbocycles. The summed E-state index contributed by atoms with van der Waals surface area (Å²) in [4.78, 5) is 3.60. The molecule has 92 valence electrons. The molecule has 0 aliphatic heterocycles. The second-order valence-electron chi connectivity index (χ2n) is 4.00. The van der Waals surface area contributed by atoms with Gasteiger partial charge < -0.3 is 5.73 Å². The van der Waals surface area contributed by atoms with Gasteiger partial charge in [-0.1, -0.05) is 6.07 Å². The number of hydrogen-bond donors (Lipinski definition) is 1. The van der Waals surface area contributed by atoms with Crippen LogP contribution < -0.4 is 5.73 Å². The molecule has 0 spiro atoms. The van der Waals surface area contributed by atoms with Gasteiger partial charge in [0.05, 0.1) is 10.2 Å². The molecule has 2 nitrogen and oxygen atoms in total. The second-order valence-corrected chi connectivity index (χ2v) is 5.03. The first kappa shape index (κ1) is 12.3. The van der Waals surface area contributed by atoms with Crippen LogP contribution >= 0.6 is 11.3 Å². The molecule has 0 fully saturated rings. The van der Waals surface area contributed by atoms with Crippen molar-refractivity contribution in [3.8, 4) is 0 Å². The Morgan fingerprint density at radius 3 is 2.71 bits per heavy atom. The SMILES string of the molecule is CC(N)Cc1ccc2sc(C(F)(F)F)nc2c1. The minimum absolute atomic E-state index is 0.0202. The van der Waals surface area contributed by atoms with Gasteiger partial charge in [-0.25, -0.2) is 4.98 Å². The van der Waals surface area contributed by atoms with E-state index < -0.39 is 11.2 Å². The van der Waals surface area contributed by atoms with Crippen LogP contribution in [0.15, 0.2) is 18.2 Å². The molecule has 0 saturated heterocycles. The maximum Gasteiger partial charge on any atom is 0.443 e. The van der Waals surface area contributed by atoms with E-state index in [0.717, 1.165) is 5.56 Å². The van der Waals surface area contributed by atoms with Crippen LogP contribution in [0, 0.1) is 0 Å². The highest BCUT2D eigenvalue weighted by Gasteiger charge is 2.34. The lowest BCUT2D eigenvalue weighted by molar-refractivity contribution is -0.137. The summed E-state index contributed by atoms with van der Waals surface area (Å²) < 4.78 is 37.9. The Hall–Kier alpha value is -1.14. The molecular weight excluding hydrogens is 249 g/mol. The Labute approximate surface area is 100 Å². The quantitative estimate of drug-likeness (QED) is 0.900. The van der Waals surface area contributed by atoms with E-state index in [1.807, 2.05) is 6.92 Å². The number of halogens is 3. The Bertz CT molecular complexity index is 531. The molecule has 1 aromatic carbocycles. The average molecular weight is 260 g/mol. The fraction of sp³-hybridized carbons (Fsp3) is 0.364. The van der Waals surface area contributed by atoms with Crippen molar-refractivity contribution in [3.63, 3.8) is 0 Å². The van der Waals surface area contributed by atoms with Crippen molar-refractivity contribution in [2.24, 2.45) is 5.73 Å². The Kier molecular flexibility index (Phi) is 3.09. The summed E-state index contributed by atoms with van der Waals surface area (Å²) in [5.74, 6) is 0. The van der Waals surface area contributed by atoms with E-state index in [2.05, 4.69) is 4.98 Å². The van der Waals surface area contributed by atoms with E-state index in [4.69, 9.17) is 5.73 Å². The van der Waals surface area contributed by atoms with Gasteiger partial charge in [0.15, 0.2) is 5.01 Å². The van der Waals surface area contributed by atoms with Crippen LogP contribution in [-0.2, 0) is 12.6 Å². The van der Waals surface area contributed by atoms with E-state index in [1.54, 1.807) is 18.2 Å². The molecule has 0 aliphatic carbocycles. The summed E-state index contributed by atoms with van der Waals surface area (Å²) in [6.45, 7) is 1.85. The third-order valence-corrected chi connectivity index (χ3v) is 3.33. The zero-order valence-corrected chi connectivity index (χ0v) is 9.90. The number of nitrogens with two attached hydrogens (primary N) is 1. The predicted molar refractivity (Wildman–Crippen MR) is 62.0 cm³/mol. The molecule has 0 amide bonds. The lowest BCUT2D eigenvalue weighted by Gasteiger charge is -2.04. The number of alkyl halides is 3. The van der Waals surface area contributed by atoms with Crippen LogP contribution in [0.5, 0.6) is 0 Å². The van der Waals surface area contributed by atoms with Crippen molar-refractivity contribution >= 4 is 21.6 Å². The zero-order valence-electron chi connectivity index (χ0n) is 9.08. The van der Waals surface area contributed by atoms with Crippen molar-refractivity contribution in [1.82, 2.24) is 4.98 Å². The molecule has 6 heteroatoms. The van der Waals surface area contributed by atoms with Gasteiger partial charge in [-0.15, -0.1) is 11.3 Å². The largest absolute Gasteiger partial charge is 0.443 e. The minimum Gasteiger partial charge on any atom is -0.328 e. The smallest absolute Gasteiger partial charge is 0.328 e. The Balaban J connectivity index is 2.41. The van der Waals surface area contributed by atoms with Gasteiger partial charge >= 0.3 is 6.18 Å². The summed E-state index contributed by atoms with van der Waals surface area (Å²) in [6.07, 6.45) is -3.74. The number of hydrogen-bond acceptors (Lipinski definition) is 3. The first-order valence-corrected chi connectivity index (χ1v) is 5.90. The van der Waals surface area contributed by atoms with Crippen LogP contribution in [0.2, 0.25) is 0 Å². The molecule has 1 unspecified atom stereocenters. The van der Waals surface area contributed by atoms with E-state index in [0.29, 0.717) is 28.0 Å². The average Bonchev–Trinajstić information content (AvgIpc) is 2.58. The standard InChI is InChI=1S/C11H11F3N2S/c1-6(15)4-7-2-3-9-8(5-7)16-10(17-9)11(12,13)14/h2-3,5-6H,4,15H2,1H3. The van der Waals surface area contributed by atoms with Crippen molar-refractivity contribution in [3.05, 3.63) is 28.8 Å². The fourth-order valence-corrected chi connectivity index (χ4v) is 2.41. The maximum absolute atomic E-state index is 12.5. The highest BCUT2D eigenvalue weighted by molar-refractivity contribution is 7.18. The van der Waals surface area contributed by atoms with Crippen LogP contribution in [0.1, 0.15) is 17.5 Å². The molecule has 0 radical (unpaired) electrons. The van der Waals surface area contributed by atoms with Crippen molar-refractivity contribution < 1.29 is 13.2 Å². The van der Waals surface area contributed by atoms with Gasteiger partial charge in [0.2, 0.25) is 0 Å². The second kappa shape index (κ2) is 4.27. The number of benzene rings is 1.